The molecule has 3 rings (SSSR count). The van der Waals surface area contributed by atoms with Crippen LogP contribution in [0.15, 0.2) is 47.4 Å². The van der Waals surface area contributed by atoms with E-state index in [1.165, 1.54) is 11.8 Å². The highest BCUT2D eigenvalue weighted by Crippen LogP contribution is 2.42. The fourth-order valence-electron chi connectivity index (χ4n) is 3.18. The number of benzene rings is 3. The number of nitrogens with one attached hydrogen (secondary N) is 2. The molecule has 0 heterocycles. The number of halogens is 6. The van der Waals surface area contributed by atoms with Gasteiger partial charge in [-0.15, -0.1) is 11.8 Å². The number of rotatable bonds is 8. The molecule has 37 heavy (non-hydrogen) atoms. The van der Waals surface area contributed by atoms with E-state index in [9.17, 15) is 19.5 Å². The molecule has 3 aromatic carbocycles. The minimum Gasteiger partial charge on any atom is -0.478 e. The summed E-state index contributed by atoms with van der Waals surface area (Å²) < 4.78 is 0. The molecule has 0 saturated heterocycles. The number of carbonyl (C=O) groups is 3. The quantitative estimate of drug-likeness (QED) is 0.130. The first-order valence-corrected chi connectivity index (χ1v) is 13.5. The van der Waals surface area contributed by atoms with Gasteiger partial charge in [0, 0.05) is 15.6 Å². The second-order valence-electron chi connectivity index (χ2n) is 7.42. The Balaban J connectivity index is 1.82. The summed E-state index contributed by atoms with van der Waals surface area (Å²) in [7, 11) is 0. The zero-order valence-corrected chi connectivity index (χ0v) is 24.0. The van der Waals surface area contributed by atoms with Crippen LogP contribution in [0.2, 0.25) is 30.1 Å². The van der Waals surface area contributed by atoms with Crippen molar-refractivity contribution in [2.75, 3.05) is 10.6 Å². The summed E-state index contributed by atoms with van der Waals surface area (Å²) in [6.07, 6.45) is 0.491. The van der Waals surface area contributed by atoms with Crippen LogP contribution in [0.4, 0.5) is 11.4 Å². The van der Waals surface area contributed by atoms with E-state index in [-0.39, 0.29) is 21.0 Å². The van der Waals surface area contributed by atoms with Crippen LogP contribution in [0.3, 0.4) is 0 Å². The lowest BCUT2D eigenvalue weighted by molar-refractivity contribution is -0.115. The molecule has 6 nitrogen and oxygen atoms in total. The topological polar surface area (TPSA) is 95.5 Å². The van der Waals surface area contributed by atoms with E-state index >= 15 is 0 Å². The highest BCUT2D eigenvalue weighted by Gasteiger charge is 2.29. The molecule has 0 aromatic heterocycles. The molecule has 3 aromatic rings. The molecule has 0 aliphatic carbocycles. The van der Waals surface area contributed by atoms with Gasteiger partial charge in [-0.1, -0.05) is 82.6 Å². The van der Waals surface area contributed by atoms with Gasteiger partial charge in [-0.05, 0) is 42.8 Å². The van der Waals surface area contributed by atoms with Crippen LogP contribution in [0.5, 0.6) is 0 Å². The van der Waals surface area contributed by atoms with Crippen LogP contribution < -0.4 is 10.6 Å². The third-order valence-electron chi connectivity index (χ3n) is 4.93. The van der Waals surface area contributed by atoms with E-state index < -0.39 is 33.3 Å². The predicted octanol–water partition coefficient (Wildman–Crippen LogP) is 9.07. The third kappa shape index (κ3) is 6.98. The van der Waals surface area contributed by atoms with Crippen molar-refractivity contribution in [2.45, 2.75) is 23.5 Å². The average Bonchev–Trinajstić information content (AvgIpc) is 2.85. The van der Waals surface area contributed by atoms with E-state index in [2.05, 4.69) is 10.6 Å². The Morgan fingerprint density at radius 1 is 0.865 bits per heavy atom. The van der Waals surface area contributed by atoms with Crippen LogP contribution >= 0.6 is 81.4 Å². The molecule has 1 unspecified atom stereocenters. The number of thioether (sulfide) groups is 1. The van der Waals surface area contributed by atoms with Gasteiger partial charge in [0.2, 0.25) is 5.91 Å². The monoisotopic (exact) mass is 638 g/mol. The van der Waals surface area contributed by atoms with Crippen molar-refractivity contribution < 1.29 is 19.5 Å². The van der Waals surface area contributed by atoms with Crippen LogP contribution in [0.1, 0.15) is 34.1 Å². The van der Waals surface area contributed by atoms with Gasteiger partial charge in [0.1, 0.15) is 0 Å². The molecular formula is C24H16Cl6N2O4S. The first-order chi connectivity index (χ1) is 17.4. The van der Waals surface area contributed by atoms with E-state index in [4.69, 9.17) is 69.6 Å². The maximum atomic E-state index is 13.0. The summed E-state index contributed by atoms with van der Waals surface area (Å²) in [6, 6.07) is 11.4. The molecule has 0 aliphatic heterocycles. The Hall–Kier alpha value is -1.84. The number of hydrogen-bond acceptors (Lipinski definition) is 4. The molecule has 1 atom stereocenters. The first-order valence-electron chi connectivity index (χ1n) is 10.4. The molecule has 0 aliphatic rings. The highest BCUT2D eigenvalue weighted by molar-refractivity contribution is 8.00. The molecule has 13 heteroatoms. The second kappa shape index (κ2) is 12.8. The van der Waals surface area contributed by atoms with Crippen LogP contribution in [-0.2, 0) is 4.79 Å². The van der Waals surface area contributed by atoms with Gasteiger partial charge in [0.25, 0.3) is 5.91 Å². The van der Waals surface area contributed by atoms with Crippen molar-refractivity contribution in [2.24, 2.45) is 0 Å². The van der Waals surface area contributed by atoms with Gasteiger partial charge >= 0.3 is 5.97 Å². The van der Waals surface area contributed by atoms with Crippen molar-refractivity contribution in [3.05, 3.63) is 83.7 Å². The van der Waals surface area contributed by atoms with Gasteiger partial charge in [0.15, 0.2) is 0 Å². The van der Waals surface area contributed by atoms with Gasteiger partial charge < -0.3 is 15.7 Å². The van der Waals surface area contributed by atoms with Gasteiger partial charge in [-0.3, -0.25) is 9.59 Å². The largest absolute Gasteiger partial charge is 0.478 e. The first kappa shape index (κ1) is 29.7. The molecule has 2 amide bonds. The molecule has 0 saturated carbocycles. The summed E-state index contributed by atoms with van der Waals surface area (Å²) in [4.78, 5) is 38.3. The Morgan fingerprint density at radius 2 is 1.51 bits per heavy atom. The number of anilines is 2. The summed E-state index contributed by atoms with van der Waals surface area (Å²) >= 11 is 37.6. The maximum absolute atomic E-state index is 13.0. The molecule has 0 bridgehead atoms. The summed E-state index contributed by atoms with van der Waals surface area (Å²) in [6.45, 7) is 1.85. The fourth-order valence-corrected chi connectivity index (χ4v) is 5.55. The fraction of sp³-hybridized carbons (Fsp3) is 0.125. The molecule has 0 spiro atoms. The van der Waals surface area contributed by atoms with Gasteiger partial charge in [0.05, 0.1) is 47.2 Å². The van der Waals surface area contributed by atoms with E-state index in [1.54, 1.807) is 42.5 Å². The average molecular weight is 641 g/mol. The highest BCUT2D eigenvalue weighted by atomic mass is 35.5. The maximum Gasteiger partial charge on any atom is 0.338 e. The Labute approximate surface area is 246 Å². The number of carboxylic acids is 1. The Bertz CT molecular complexity index is 1400. The lowest BCUT2D eigenvalue weighted by Crippen LogP contribution is -2.24. The van der Waals surface area contributed by atoms with Crippen LogP contribution in [0.25, 0.3) is 0 Å². The second-order valence-corrected chi connectivity index (χ2v) is 11.1. The summed E-state index contributed by atoms with van der Waals surface area (Å²) in [5.74, 6) is -2.64. The Kier molecular flexibility index (Phi) is 10.3. The number of amides is 2. The summed E-state index contributed by atoms with van der Waals surface area (Å²) in [5, 5.41) is 14.0. The zero-order chi connectivity index (χ0) is 27.4. The van der Waals surface area contributed by atoms with Crippen molar-refractivity contribution in [3.63, 3.8) is 0 Å². The molecule has 0 fully saturated rings. The van der Waals surface area contributed by atoms with Crippen molar-refractivity contribution in [3.8, 4) is 0 Å². The number of hydrogen-bond donors (Lipinski definition) is 3. The molecule has 194 valence electrons. The molecule has 3 N–H and O–H groups in total. The predicted molar refractivity (Wildman–Crippen MR) is 153 cm³/mol. The van der Waals surface area contributed by atoms with Gasteiger partial charge in [-0.2, -0.15) is 0 Å². The minimum atomic E-state index is -1.50. The smallest absolute Gasteiger partial charge is 0.338 e. The number of carbonyl (C=O) groups excluding carboxylic acids is 2. The Morgan fingerprint density at radius 3 is 2.14 bits per heavy atom. The number of carboxylic acid groups (broad SMARTS) is 1. The molecular weight excluding hydrogens is 625 g/mol. The van der Waals surface area contributed by atoms with Crippen LogP contribution in [-0.4, -0.2) is 28.1 Å². The van der Waals surface area contributed by atoms with E-state index in [1.807, 2.05) is 6.92 Å². The number of aromatic carboxylic acids is 1. The lowest BCUT2D eigenvalue weighted by atomic mass is 10.1. The zero-order valence-electron chi connectivity index (χ0n) is 18.7. The van der Waals surface area contributed by atoms with Crippen molar-refractivity contribution >= 4 is 111 Å². The third-order valence-corrected chi connectivity index (χ3v) is 8.65. The summed E-state index contributed by atoms with van der Waals surface area (Å²) in [5.41, 5.74) is -0.300. The minimum absolute atomic E-state index is 0.246. The lowest BCUT2D eigenvalue weighted by Gasteiger charge is -2.17. The van der Waals surface area contributed by atoms with Crippen molar-refractivity contribution in [1.82, 2.24) is 0 Å². The van der Waals surface area contributed by atoms with E-state index in [0.717, 1.165) is 0 Å². The molecule has 0 radical (unpaired) electrons. The standard InChI is InChI=1S/C24H16Cl6N2O4S/c1-2-15(22(33)32-14-8-10(25)6-7-13(14)26)37-12-5-3-4-11(9-12)31-23(34)16-17(24(35)36)19(28)21(30)20(29)18(16)27/h3-9,15H,2H2,1H3,(H,31,34)(H,32,33)(H,35,36). The van der Waals surface area contributed by atoms with Crippen LogP contribution in [0, 0.1) is 0 Å². The van der Waals surface area contributed by atoms with Crippen molar-refractivity contribution in [1.29, 1.82) is 0 Å². The normalized spacial score (nSPS) is 11.6. The van der Waals surface area contributed by atoms with Gasteiger partial charge in [-0.25, -0.2) is 4.79 Å². The SMILES string of the molecule is CCC(Sc1cccc(NC(=O)c2c(Cl)c(Cl)c(Cl)c(Cl)c2C(=O)O)c1)C(=O)Nc1cc(Cl)ccc1Cl. The van der Waals surface area contributed by atoms with E-state index in [0.29, 0.717) is 32.7 Å².